The normalized spacial score (nSPS) is 20.8. The Labute approximate surface area is 186 Å². The molecule has 31 heavy (non-hydrogen) atoms. The van der Waals surface area contributed by atoms with E-state index >= 15 is 0 Å². The standard InChI is InChI=1S/C11H12O4S.C11H12O3S/c12-5-11(6-13)7-16(15)9-4-2-1-3-8(9)10(11)14;12-5-11(6-13)7-15-9-4-2-1-3-8(9)10(11)14/h1-4,12-13H,5-7H2;1-4,12-13H,5-7H2. The highest BCUT2D eigenvalue weighted by atomic mass is 32.2. The van der Waals surface area contributed by atoms with E-state index in [1.165, 1.54) is 11.8 Å². The number of rotatable bonds is 4. The summed E-state index contributed by atoms with van der Waals surface area (Å²) in [5.41, 5.74) is -1.34. The van der Waals surface area contributed by atoms with Gasteiger partial charge in [-0.25, -0.2) is 0 Å². The van der Waals surface area contributed by atoms with Crippen LogP contribution in [0.5, 0.6) is 0 Å². The Morgan fingerprint density at radius 3 is 1.90 bits per heavy atom. The third kappa shape index (κ3) is 4.26. The predicted molar refractivity (Wildman–Crippen MR) is 117 cm³/mol. The monoisotopic (exact) mass is 464 g/mol. The molecular formula is C22H24O7S2. The van der Waals surface area contributed by atoms with Crippen molar-refractivity contribution in [2.75, 3.05) is 37.9 Å². The summed E-state index contributed by atoms with van der Waals surface area (Å²) in [5, 5.41) is 37.0. The molecule has 2 aromatic rings. The molecule has 0 radical (unpaired) electrons. The molecule has 9 heteroatoms. The minimum Gasteiger partial charge on any atom is -0.395 e. The van der Waals surface area contributed by atoms with Crippen LogP contribution in [-0.4, -0.2) is 74.1 Å². The molecule has 1 unspecified atom stereocenters. The summed E-state index contributed by atoms with van der Waals surface area (Å²) in [5.74, 6) is -0.0550. The number of ketones is 2. The largest absolute Gasteiger partial charge is 0.395 e. The molecule has 1 atom stereocenters. The van der Waals surface area contributed by atoms with Crippen LogP contribution in [0.2, 0.25) is 0 Å². The van der Waals surface area contributed by atoms with Crippen molar-refractivity contribution in [3.63, 3.8) is 0 Å². The second kappa shape index (κ2) is 9.72. The van der Waals surface area contributed by atoms with E-state index in [0.717, 1.165) is 4.90 Å². The molecule has 0 aliphatic carbocycles. The molecule has 0 saturated carbocycles. The van der Waals surface area contributed by atoms with Gasteiger partial charge in [-0.15, -0.1) is 11.8 Å². The van der Waals surface area contributed by atoms with Gasteiger partial charge in [0.25, 0.3) is 0 Å². The van der Waals surface area contributed by atoms with Crippen molar-refractivity contribution < 1.29 is 34.2 Å². The molecule has 4 rings (SSSR count). The van der Waals surface area contributed by atoms with Gasteiger partial charge in [-0.2, -0.15) is 0 Å². The lowest BCUT2D eigenvalue weighted by molar-refractivity contribution is 0.0478. The van der Waals surface area contributed by atoms with E-state index in [4.69, 9.17) is 0 Å². The Morgan fingerprint density at radius 2 is 1.29 bits per heavy atom. The van der Waals surface area contributed by atoms with E-state index in [0.29, 0.717) is 21.8 Å². The lowest BCUT2D eigenvalue weighted by Crippen LogP contribution is -2.46. The van der Waals surface area contributed by atoms with Crippen molar-refractivity contribution >= 4 is 34.1 Å². The van der Waals surface area contributed by atoms with Gasteiger partial charge in [-0.3, -0.25) is 13.8 Å². The van der Waals surface area contributed by atoms with E-state index in [1.807, 2.05) is 12.1 Å². The second-order valence-corrected chi connectivity index (χ2v) is 10.1. The number of thioether (sulfide) groups is 1. The van der Waals surface area contributed by atoms with Gasteiger partial charge in [0.1, 0.15) is 0 Å². The Balaban J connectivity index is 0.000000176. The first-order valence-corrected chi connectivity index (χ1v) is 11.9. The number of carbonyl (C=O) groups is 2. The highest BCUT2D eigenvalue weighted by Crippen LogP contribution is 2.39. The predicted octanol–water partition coefficient (Wildman–Crippen LogP) is 0.907. The zero-order valence-electron chi connectivity index (χ0n) is 16.7. The summed E-state index contributed by atoms with van der Waals surface area (Å²) in [4.78, 5) is 25.6. The van der Waals surface area contributed by atoms with Crippen LogP contribution in [-0.2, 0) is 10.8 Å². The number of aliphatic hydroxyl groups excluding tert-OH is 4. The lowest BCUT2D eigenvalue weighted by Gasteiger charge is -2.32. The zero-order valence-corrected chi connectivity index (χ0v) is 18.3. The van der Waals surface area contributed by atoms with Crippen molar-refractivity contribution in [1.82, 2.24) is 0 Å². The number of hydrogen-bond donors (Lipinski definition) is 4. The van der Waals surface area contributed by atoms with Crippen molar-refractivity contribution in [2.45, 2.75) is 9.79 Å². The summed E-state index contributed by atoms with van der Waals surface area (Å²) >= 11 is 1.51. The third-order valence-corrected chi connectivity index (χ3v) is 8.62. The average molecular weight is 465 g/mol. The lowest BCUT2D eigenvalue weighted by atomic mass is 9.83. The van der Waals surface area contributed by atoms with Gasteiger partial charge in [0.2, 0.25) is 0 Å². The third-order valence-electron chi connectivity index (χ3n) is 5.59. The fourth-order valence-electron chi connectivity index (χ4n) is 3.45. The molecule has 0 spiro atoms. The van der Waals surface area contributed by atoms with Crippen LogP contribution in [0.4, 0.5) is 0 Å². The summed E-state index contributed by atoms with van der Waals surface area (Å²) in [6.07, 6.45) is 0. The van der Waals surface area contributed by atoms with Crippen molar-refractivity contribution in [3.05, 3.63) is 59.7 Å². The summed E-state index contributed by atoms with van der Waals surface area (Å²) in [6, 6.07) is 13.9. The highest BCUT2D eigenvalue weighted by molar-refractivity contribution is 7.99. The first-order chi connectivity index (χ1) is 14.9. The fraction of sp³-hybridized carbons (Fsp3) is 0.364. The van der Waals surface area contributed by atoms with E-state index in [2.05, 4.69) is 0 Å². The van der Waals surface area contributed by atoms with Gasteiger partial charge in [0.05, 0.1) is 48.1 Å². The SMILES string of the molecule is O=C1c2ccccc2S(=O)CC1(CO)CO.O=C1c2ccccc2SCC1(CO)CO. The molecule has 2 aliphatic rings. The Hall–Kier alpha value is -1.88. The molecule has 2 heterocycles. The van der Waals surface area contributed by atoms with Gasteiger partial charge < -0.3 is 20.4 Å². The Morgan fingerprint density at radius 1 is 0.774 bits per heavy atom. The first kappa shape index (κ1) is 23.8. The average Bonchev–Trinajstić information content (AvgIpc) is 2.83. The highest BCUT2D eigenvalue weighted by Gasteiger charge is 2.45. The van der Waals surface area contributed by atoms with Crippen LogP contribution in [0.25, 0.3) is 0 Å². The first-order valence-electron chi connectivity index (χ1n) is 9.60. The van der Waals surface area contributed by atoms with Crippen molar-refractivity contribution in [2.24, 2.45) is 10.8 Å². The van der Waals surface area contributed by atoms with E-state index in [9.17, 15) is 34.2 Å². The van der Waals surface area contributed by atoms with Gasteiger partial charge in [0, 0.05) is 32.4 Å². The number of fused-ring (bicyclic) bond motifs is 2. The van der Waals surface area contributed by atoms with E-state index < -0.39 is 34.8 Å². The maximum atomic E-state index is 12.1. The van der Waals surface area contributed by atoms with Crippen LogP contribution in [0, 0.1) is 10.8 Å². The van der Waals surface area contributed by atoms with Gasteiger partial charge in [0.15, 0.2) is 11.6 Å². The van der Waals surface area contributed by atoms with Crippen LogP contribution in [0.3, 0.4) is 0 Å². The molecule has 0 saturated heterocycles. The number of carbonyl (C=O) groups excluding carboxylic acids is 2. The molecule has 0 bridgehead atoms. The molecule has 7 nitrogen and oxygen atoms in total. The van der Waals surface area contributed by atoms with E-state index in [1.54, 1.807) is 36.4 Å². The molecule has 0 aromatic heterocycles. The van der Waals surface area contributed by atoms with Crippen LogP contribution in [0.15, 0.2) is 58.3 Å². The number of hydrogen-bond acceptors (Lipinski definition) is 8. The van der Waals surface area contributed by atoms with Crippen LogP contribution >= 0.6 is 11.8 Å². The minimum absolute atomic E-state index is 0.0180. The summed E-state index contributed by atoms with van der Waals surface area (Å²) in [6.45, 7) is -1.57. The van der Waals surface area contributed by atoms with Gasteiger partial charge >= 0.3 is 0 Å². The van der Waals surface area contributed by atoms with Gasteiger partial charge in [-0.1, -0.05) is 36.4 Å². The zero-order chi connectivity index (χ0) is 22.6. The smallest absolute Gasteiger partial charge is 0.175 e. The molecule has 2 aliphatic heterocycles. The van der Waals surface area contributed by atoms with E-state index in [-0.39, 0.29) is 30.5 Å². The number of aliphatic hydroxyl groups is 4. The Kier molecular flexibility index (Phi) is 7.46. The number of Topliss-reactive ketones (excluding diaryl/α,β-unsaturated/α-hetero) is 2. The molecule has 2 aromatic carbocycles. The summed E-state index contributed by atoms with van der Waals surface area (Å²) in [7, 11) is -1.35. The Bertz CT molecular complexity index is 997. The topological polar surface area (TPSA) is 132 Å². The van der Waals surface area contributed by atoms with Crippen LogP contribution in [0.1, 0.15) is 20.7 Å². The molecule has 0 amide bonds. The van der Waals surface area contributed by atoms with Crippen LogP contribution < -0.4 is 0 Å². The molecule has 166 valence electrons. The number of benzene rings is 2. The molecule has 4 N–H and O–H groups in total. The van der Waals surface area contributed by atoms with Crippen molar-refractivity contribution in [3.8, 4) is 0 Å². The van der Waals surface area contributed by atoms with Gasteiger partial charge in [-0.05, 0) is 12.1 Å². The molecule has 0 fully saturated rings. The quantitative estimate of drug-likeness (QED) is 0.525. The summed E-state index contributed by atoms with van der Waals surface area (Å²) < 4.78 is 11.9. The maximum absolute atomic E-state index is 12.1. The fourth-order valence-corrected chi connectivity index (χ4v) is 6.29. The molecular weight excluding hydrogens is 440 g/mol. The maximum Gasteiger partial charge on any atom is 0.175 e. The minimum atomic E-state index is -1.35. The second-order valence-electron chi connectivity index (χ2n) is 7.62. The van der Waals surface area contributed by atoms with Crippen molar-refractivity contribution in [1.29, 1.82) is 0 Å².